The maximum atomic E-state index is 11.7. The molecule has 1 fully saturated rings. The van der Waals surface area contributed by atoms with Gasteiger partial charge in [-0.3, -0.25) is 9.59 Å². The second kappa shape index (κ2) is 15.7. The van der Waals surface area contributed by atoms with Gasteiger partial charge < -0.3 is 31.6 Å². The molecule has 8 nitrogen and oxygen atoms in total. The number of aldehydes is 1. The second-order valence-corrected chi connectivity index (χ2v) is 7.15. The number of nitrogens with two attached hydrogens (primary N) is 1. The molecule has 0 aromatic heterocycles. The number of amides is 2. The molecule has 0 aromatic carbocycles. The van der Waals surface area contributed by atoms with Crippen LogP contribution in [0.5, 0.6) is 0 Å². The highest BCUT2D eigenvalue weighted by Gasteiger charge is 2.32. The van der Waals surface area contributed by atoms with Crippen LogP contribution in [0.1, 0.15) is 47.5 Å². The number of carbonyl (C=O) groups is 3. The van der Waals surface area contributed by atoms with Crippen LogP contribution < -0.4 is 21.7 Å². The van der Waals surface area contributed by atoms with E-state index in [1.807, 2.05) is 13.8 Å². The average Bonchev–Trinajstić information content (AvgIpc) is 2.96. The zero-order valence-electron chi connectivity index (χ0n) is 17.0. The average molecular weight is 375 g/mol. The third-order valence-electron chi connectivity index (χ3n) is 3.25. The van der Waals surface area contributed by atoms with Gasteiger partial charge in [0.2, 0.25) is 5.91 Å². The minimum absolute atomic E-state index is 0.00622. The zero-order chi connectivity index (χ0) is 20.7. The standard InChI is InChI=1S/C12H23N3O3.C4H10.C2H5NO/c1-7(2)15-12(18)10(16)9(13-3)6-8-4-5-14-11(8)17;1-4(2)3;3-1-2-4/h7-10,13,16H,4-6H2,1-3H3,(H,14,17)(H,15,18);4H,1-3H3;2H,1,3H2. The van der Waals surface area contributed by atoms with Gasteiger partial charge >= 0.3 is 0 Å². The summed E-state index contributed by atoms with van der Waals surface area (Å²) in [6.45, 7) is 11.0. The molecular weight excluding hydrogens is 336 g/mol. The third-order valence-corrected chi connectivity index (χ3v) is 3.25. The third kappa shape index (κ3) is 13.7. The Bertz CT molecular complexity index is 400. The van der Waals surface area contributed by atoms with E-state index in [1.54, 1.807) is 7.05 Å². The molecule has 0 aliphatic carbocycles. The van der Waals surface area contributed by atoms with Crippen LogP contribution in [0.3, 0.4) is 0 Å². The Kier molecular flexibility index (Phi) is 16.2. The van der Waals surface area contributed by atoms with Gasteiger partial charge in [-0.2, -0.15) is 0 Å². The lowest BCUT2D eigenvalue weighted by Gasteiger charge is -2.24. The Morgan fingerprint density at radius 3 is 2.15 bits per heavy atom. The summed E-state index contributed by atoms with van der Waals surface area (Å²) < 4.78 is 0. The van der Waals surface area contributed by atoms with Crippen LogP contribution in [0, 0.1) is 11.8 Å². The Morgan fingerprint density at radius 2 is 1.85 bits per heavy atom. The molecule has 0 spiro atoms. The zero-order valence-corrected chi connectivity index (χ0v) is 17.0. The molecule has 1 aliphatic heterocycles. The first-order chi connectivity index (χ1) is 12.1. The van der Waals surface area contributed by atoms with Gasteiger partial charge in [0, 0.05) is 31.1 Å². The molecule has 1 aliphatic rings. The SMILES string of the molecule is CC(C)C.CNC(CC1CCNC1=O)C(O)C(=O)NC(C)C.NCC=O. The van der Waals surface area contributed by atoms with Crippen LogP contribution in [0.15, 0.2) is 0 Å². The van der Waals surface area contributed by atoms with Crippen molar-refractivity contribution < 1.29 is 19.5 Å². The lowest BCUT2D eigenvalue weighted by Crippen LogP contribution is -2.50. The van der Waals surface area contributed by atoms with Crippen LogP contribution >= 0.6 is 0 Å². The van der Waals surface area contributed by atoms with Crippen molar-refractivity contribution in [1.29, 1.82) is 0 Å². The first kappa shape index (κ1) is 26.7. The largest absolute Gasteiger partial charge is 0.382 e. The Hall–Kier alpha value is -1.51. The van der Waals surface area contributed by atoms with E-state index >= 15 is 0 Å². The van der Waals surface area contributed by atoms with Crippen molar-refractivity contribution in [3.8, 4) is 0 Å². The molecule has 2 amide bonds. The van der Waals surface area contributed by atoms with Crippen LogP contribution in [-0.2, 0) is 14.4 Å². The van der Waals surface area contributed by atoms with E-state index in [2.05, 4.69) is 42.5 Å². The van der Waals surface area contributed by atoms with E-state index in [-0.39, 0.29) is 24.4 Å². The van der Waals surface area contributed by atoms with Gasteiger partial charge in [-0.15, -0.1) is 0 Å². The van der Waals surface area contributed by atoms with Crippen molar-refractivity contribution >= 4 is 18.1 Å². The van der Waals surface area contributed by atoms with Crippen molar-refractivity contribution in [2.75, 3.05) is 20.1 Å². The summed E-state index contributed by atoms with van der Waals surface area (Å²) in [5, 5.41) is 18.3. The monoisotopic (exact) mass is 374 g/mol. The van der Waals surface area contributed by atoms with Crippen LogP contribution in [0.25, 0.3) is 0 Å². The number of likely N-dealkylation sites (N-methyl/N-ethyl adjacent to an activating group) is 1. The maximum absolute atomic E-state index is 11.7. The molecule has 26 heavy (non-hydrogen) atoms. The lowest BCUT2D eigenvalue weighted by molar-refractivity contribution is -0.132. The summed E-state index contributed by atoms with van der Waals surface area (Å²) in [6, 6.07) is -0.419. The number of hydrogen-bond acceptors (Lipinski definition) is 6. The van der Waals surface area contributed by atoms with Gasteiger partial charge in [0.25, 0.3) is 5.91 Å². The number of carbonyl (C=O) groups excluding carboxylic acids is 3. The van der Waals surface area contributed by atoms with E-state index in [0.29, 0.717) is 19.3 Å². The van der Waals surface area contributed by atoms with Crippen molar-refractivity contribution in [2.45, 2.75) is 65.6 Å². The summed E-state index contributed by atoms with van der Waals surface area (Å²) in [5.74, 6) is 0.318. The van der Waals surface area contributed by atoms with Gasteiger partial charge in [0.05, 0.1) is 0 Å². The Balaban J connectivity index is 0. The van der Waals surface area contributed by atoms with Crippen LogP contribution in [-0.4, -0.2) is 61.5 Å². The number of nitrogens with one attached hydrogen (secondary N) is 3. The second-order valence-electron chi connectivity index (χ2n) is 7.15. The highest BCUT2D eigenvalue weighted by Crippen LogP contribution is 2.17. The fraction of sp³-hybridized carbons (Fsp3) is 0.833. The van der Waals surface area contributed by atoms with Gasteiger partial charge in [-0.25, -0.2) is 0 Å². The van der Waals surface area contributed by atoms with E-state index in [9.17, 15) is 14.7 Å². The fourth-order valence-electron chi connectivity index (χ4n) is 2.13. The number of aliphatic hydroxyl groups excluding tert-OH is 1. The molecule has 154 valence electrons. The van der Waals surface area contributed by atoms with Gasteiger partial charge in [0.1, 0.15) is 12.4 Å². The molecule has 0 saturated carbocycles. The molecule has 0 bridgehead atoms. The van der Waals surface area contributed by atoms with Crippen molar-refractivity contribution in [2.24, 2.45) is 17.6 Å². The predicted molar refractivity (Wildman–Crippen MR) is 103 cm³/mol. The summed E-state index contributed by atoms with van der Waals surface area (Å²) in [5.41, 5.74) is 4.66. The van der Waals surface area contributed by atoms with Gasteiger partial charge in [-0.05, 0) is 39.7 Å². The van der Waals surface area contributed by atoms with Crippen molar-refractivity contribution in [1.82, 2.24) is 16.0 Å². The maximum Gasteiger partial charge on any atom is 0.250 e. The van der Waals surface area contributed by atoms with E-state index in [1.165, 1.54) is 0 Å². The smallest absolute Gasteiger partial charge is 0.250 e. The van der Waals surface area contributed by atoms with E-state index < -0.39 is 18.1 Å². The predicted octanol–water partition coefficient (Wildman–Crippen LogP) is -0.208. The first-order valence-corrected chi connectivity index (χ1v) is 9.17. The summed E-state index contributed by atoms with van der Waals surface area (Å²) in [4.78, 5) is 32.2. The molecule has 3 atom stereocenters. The van der Waals surface area contributed by atoms with Gasteiger partial charge in [-0.1, -0.05) is 20.8 Å². The first-order valence-electron chi connectivity index (χ1n) is 9.17. The summed E-state index contributed by atoms with van der Waals surface area (Å²) in [7, 11) is 1.68. The quantitative estimate of drug-likeness (QED) is 0.392. The van der Waals surface area contributed by atoms with Gasteiger partial charge in [0.15, 0.2) is 0 Å². The minimum atomic E-state index is -1.13. The van der Waals surface area contributed by atoms with Crippen LogP contribution in [0.4, 0.5) is 0 Å². The Morgan fingerprint density at radius 1 is 1.35 bits per heavy atom. The summed E-state index contributed by atoms with van der Waals surface area (Å²) in [6.07, 6.45) is 0.746. The molecule has 6 N–H and O–H groups in total. The molecule has 3 unspecified atom stereocenters. The molecule has 1 saturated heterocycles. The number of hydrogen-bond donors (Lipinski definition) is 5. The molecule has 0 aromatic rings. The normalized spacial score (nSPS) is 18.1. The lowest BCUT2D eigenvalue weighted by atomic mass is 9.94. The Labute approximate surface area is 157 Å². The molecule has 8 heteroatoms. The molecule has 1 heterocycles. The molecular formula is C18H38N4O4. The molecule has 0 radical (unpaired) electrons. The highest BCUT2D eigenvalue weighted by molar-refractivity contribution is 5.82. The van der Waals surface area contributed by atoms with Crippen molar-refractivity contribution in [3.05, 3.63) is 0 Å². The summed E-state index contributed by atoms with van der Waals surface area (Å²) >= 11 is 0. The fourth-order valence-corrected chi connectivity index (χ4v) is 2.13. The van der Waals surface area contributed by atoms with Crippen LogP contribution in [0.2, 0.25) is 0 Å². The number of aliphatic hydroxyl groups is 1. The minimum Gasteiger partial charge on any atom is -0.382 e. The van der Waals surface area contributed by atoms with E-state index in [0.717, 1.165) is 12.3 Å². The molecule has 1 rings (SSSR count). The van der Waals surface area contributed by atoms with Crippen molar-refractivity contribution in [3.63, 3.8) is 0 Å². The topological polar surface area (TPSA) is 134 Å². The number of rotatable bonds is 7. The highest BCUT2D eigenvalue weighted by atomic mass is 16.3. The van der Waals surface area contributed by atoms with E-state index in [4.69, 9.17) is 4.79 Å².